The van der Waals surface area contributed by atoms with E-state index in [0.717, 1.165) is 23.4 Å². The number of halogens is 2. The van der Waals surface area contributed by atoms with Crippen molar-refractivity contribution in [1.29, 1.82) is 0 Å². The van der Waals surface area contributed by atoms with E-state index in [1.54, 1.807) is 31.6 Å². The molecule has 21 heavy (non-hydrogen) atoms. The van der Waals surface area contributed by atoms with Crippen molar-refractivity contribution in [1.82, 2.24) is 10.3 Å². The lowest BCUT2D eigenvalue weighted by Crippen LogP contribution is -2.23. The zero-order valence-corrected chi connectivity index (χ0v) is 12.8. The van der Waals surface area contributed by atoms with E-state index in [1.165, 1.54) is 6.07 Å². The Kier molecular flexibility index (Phi) is 5.53. The Bertz CT molecular complexity index is 607. The Hall–Kier alpha value is -1.65. The standard InChI is InChI=1S/C16H18ClFN2O/c1-3-20-15(12-6-7-19-10-16(12)21-2)9-11-4-5-14(18)13(17)8-11/h4-8,10,15,20H,3,9H2,1-2H3. The second kappa shape index (κ2) is 7.38. The molecule has 2 aromatic rings. The van der Waals surface area contributed by atoms with Crippen molar-refractivity contribution in [2.45, 2.75) is 19.4 Å². The molecule has 0 bridgehead atoms. The van der Waals surface area contributed by atoms with E-state index >= 15 is 0 Å². The summed E-state index contributed by atoms with van der Waals surface area (Å²) in [6, 6.07) is 6.78. The number of nitrogens with one attached hydrogen (secondary N) is 1. The van der Waals surface area contributed by atoms with Gasteiger partial charge in [0.1, 0.15) is 11.6 Å². The van der Waals surface area contributed by atoms with Crippen LogP contribution in [0.2, 0.25) is 5.02 Å². The molecule has 3 nitrogen and oxygen atoms in total. The number of aromatic nitrogens is 1. The Balaban J connectivity index is 2.28. The first-order chi connectivity index (χ1) is 10.2. The Morgan fingerprint density at radius 3 is 2.86 bits per heavy atom. The van der Waals surface area contributed by atoms with Crippen LogP contribution in [-0.4, -0.2) is 18.6 Å². The Morgan fingerprint density at radius 1 is 1.38 bits per heavy atom. The van der Waals surface area contributed by atoms with Gasteiger partial charge < -0.3 is 10.1 Å². The number of pyridine rings is 1. The lowest BCUT2D eigenvalue weighted by molar-refractivity contribution is 0.397. The number of likely N-dealkylation sites (N-methyl/N-ethyl adjacent to an activating group) is 1. The van der Waals surface area contributed by atoms with Crippen LogP contribution in [0.4, 0.5) is 4.39 Å². The Morgan fingerprint density at radius 2 is 2.19 bits per heavy atom. The van der Waals surface area contributed by atoms with Crippen LogP contribution in [0.5, 0.6) is 5.75 Å². The van der Waals surface area contributed by atoms with E-state index in [0.29, 0.717) is 6.42 Å². The maximum atomic E-state index is 13.3. The average Bonchev–Trinajstić information content (AvgIpc) is 2.50. The molecule has 1 N–H and O–H groups in total. The first-order valence-electron chi connectivity index (χ1n) is 6.81. The molecule has 0 amide bonds. The third-order valence-electron chi connectivity index (χ3n) is 3.29. The largest absolute Gasteiger partial charge is 0.495 e. The predicted octanol–water partition coefficient (Wildman–Crippen LogP) is 3.78. The van der Waals surface area contributed by atoms with Crippen LogP contribution in [0, 0.1) is 5.82 Å². The molecule has 112 valence electrons. The lowest BCUT2D eigenvalue weighted by Gasteiger charge is -2.20. The summed E-state index contributed by atoms with van der Waals surface area (Å²) < 4.78 is 18.6. The normalized spacial score (nSPS) is 12.2. The maximum absolute atomic E-state index is 13.3. The van der Waals surface area contributed by atoms with Gasteiger partial charge in [-0.05, 0) is 36.7 Å². The molecule has 1 unspecified atom stereocenters. The van der Waals surface area contributed by atoms with E-state index in [2.05, 4.69) is 10.3 Å². The molecule has 1 heterocycles. The predicted molar refractivity (Wildman–Crippen MR) is 82.3 cm³/mol. The minimum atomic E-state index is -0.401. The molecule has 0 aliphatic heterocycles. The number of hydrogen-bond acceptors (Lipinski definition) is 3. The lowest BCUT2D eigenvalue weighted by atomic mass is 9.99. The number of rotatable bonds is 6. The summed E-state index contributed by atoms with van der Waals surface area (Å²) in [5, 5.41) is 3.55. The highest BCUT2D eigenvalue weighted by molar-refractivity contribution is 6.30. The molecule has 0 fully saturated rings. The highest BCUT2D eigenvalue weighted by Crippen LogP contribution is 2.27. The topological polar surface area (TPSA) is 34.2 Å². The molecule has 1 aromatic heterocycles. The van der Waals surface area contributed by atoms with E-state index in [4.69, 9.17) is 16.3 Å². The van der Waals surface area contributed by atoms with Gasteiger partial charge in [-0.15, -0.1) is 0 Å². The summed E-state index contributed by atoms with van der Waals surface area (Å²) in [7, 11) is 1.62. The van der Waals surface area contributed by atoms with Crippen LogP contribution in [-0.2, 0) is 6.42 Å². The number of benzene rings is 1. The molecule has 5 heteroatoms. The molecule has 0 radical (unpaired) electrons. The molecule has 0 saturated heterocycles. The summed E-state index contributed by atoms with van der Waals surface area (Å²) >= 11 is 5.85. The minimum absolute atomic E-state index is 0.0504. The monoisotopic (exact) mass is 308 g/mol. The summed E-state index contributed by atoms with van der Waals surface area (Å²) in [5.41, 5.74) is 1.99. The number of methoxy groups -OCH3 is 1. The summed E-state index contributed by atoms with van der Waals surface area (Å²) in [6.45, 7) is 2.85. The van der Waals surface area contributed by atoms with Gasteiger partial charge in [-0.3, -0.25) is 4.98 Å². The highest BCUT2D eigenvalue weighted by atomic mass is 35.5. The van der Waals surface area contributed by atoms with Gasteiger partial charge in [-0.1, -0.05) is 24.6 Å². The molecular weight excluding hydrogens is 291 g/mol. The van der Waals surface area contributed by atoms with Crippen LogP contribution in [0.3, 0.4) is 0 Å². The van der Waals surface area contributed by atoms with Crippen molar-refractivity contribution >= 4 is 11.6 Å². The van der Waals surface area contributed by atoms with Crippen LogP contribution < -0.4 is 10.1 Å². The van der Waals surface area contributed by atoms with Gasteiger partial charge in [0.25, 0.3) is 0 Å². The van der Waals surface area contributed by atoms with Gasteiger partial charge in [-0.25, -0.2) is 4.39 Å². The highest BCUT2D eigenvalue weighted by Gasteiger charge is 2.16. The molecule has 0 aliphatic rings. The van der Waals surface area contributed by atoms with E-state index < -0.39 is 5.82 Å². The molecule has 0 saturated carbocycles. The molecule has 0 spiro atoms. The number of ether oxygens (including phenoxy) is 1. The number of hydrogen-bond donors (Lipinski definition) is 1. The summed E-state index contributed by atoms with van der Waals surface area (Å²) in [5.74, 6) is 0.332. The van der Waals surface area contributed by atoms with Gasteiger partial charge in [0.2, 0.25) is 0 Å². The molecule has 1 aromatic carbocycles. The fourth-order valence-corrected chi connectivity index (χ4v) is 2.49. The van der Waals surface area contributed by atoms with Crippen LogP contribution in [0.25, 0.3) is 0 Å². The van der Waals surface area contributed by atoms with Crippen LogP contribution in [0.15, 0.2) is 36.7 Å². The van der Waals surface area contributed by atoms with Crippen molar-refractivity contribution in [2.24, 2.45) is 0 Å². The van der Waals surface area contributed by atoms with Gasteiger partial charge in [0, 0.05) is 17.8 Å². The molecule has 2 rings (SSSR count). The van der Waals surface area contributed by atoms with Crippen molar-refractivity contribution in [3.63, 3.8) is 0 Å². The molecule has 0 aliphatic carbocycles. The third-order valence-corrected chi connectivity index (χ3v) is 3.58. The van der Waals surface area contributed by atoms with E-state index in [-0.39, 0.29) is 11.1 Å². The van der Waals surface area contributed by atoms with Crippen LogP contribution >= 0.6 is 11.6 Å². The second-order valence-corrected chi connectivity index (χ2v) is 5.09. The zero-order chi connectivity index (χ0) is 15.2. The number of nitrogens with zero attached hydrogens (tertiary/aromatic N) is 1. The van der Waals surface area contributed by atoms with Crippen molar-refractivity contribution in [3.8, 4) is 5.75 Å². The summed E-state index contributed by atoms with van der Waals surface area (Å²) in [6.07, 6.45) is 4.12. The SMILES string of the molecule is CCNC(Cc1ccc(F)c(Cl)c1)c1ccncc1OC. The molecular formula is C16H18ClFN2O. The Labute approximate surface area is 129 Å². The first kappa shape index (κ1) is 15.7. The van der Waals surface area contributed by atoms with E-state index in [1.807, 2.05) is 13.0 Å². The fraction of sp³-hybridized carbons (Fsp3) is 0.312. The second-order valence-electron chi connectivity index (χ2n) is 4.68. The minimum Gasteiger partial charge on any atom is -0.495 e. The first-order valence-corrected chi connectivity index (χ1v) is 7.18. The van der Waals surface area contributed by atoms with E-state index in [9.17, 15) is 4.39 Å². The van der Waals surface area contributed by atoms with Gasteiger partial charge in [0.15, 0.2) is 0 Å². The maximum Gasteiger partial charge on any atom is 0.141 e. The fourth-order valence-electron chi connectivity index (χ4n) is 2.29. The van der Waals surface area contributed by atoms with Crippen LogP contribution in [0.1, 0.15) is 24.1 Å². The van der Waals surface area contributed by atoms with Crippen molar-refractivity contribution in [3.05, 3.63) is 58.6 Å². The van der Waals surface area contributed by atoms with Gasteiger partial charge in [0.05, 0.1) is 18.3 Å². The van der Waals surface area contributed by atoms with Crippen molar-refractivity contribution < 1.29 is 9.13 Å². The summed E-state index contributed by atoms with van der Waals surface area (Å²) in [4.78, 5) is 4.07. The quantitative estimate of drug-likeness (QED) is 0.882. The van der Waals surface area contributed by atoms with Crippen molar-refractivity contribution in [2.75, 3.05) is 13.7 Å². The van der Waals surface area contributed by atoms with Gasteiger partial charge in [-0.2, -0.15) is 0 Å². The third kappa shape index (κ3) is 3.93. The average molecular weight is 309 g/mol. The smallest absolute Gasteiger partial charge is 0.141 e. The molecule has 1 atom stereocenters. The van der Waals surface area contributed by atoms with Gasteiger partial charge >= 0.3 is 0 Å². The zero-order valence-electron chi connectivity index (χ0n) is 12.1.